The van der Waals surface area contributed by atoms with Crippen LogP contribution in [0.1, 0.15) is 12.8 Å². The van der Waals surface area contributed by atoms with E-state index in [1.807, 2.05) is 0 Å². The van der Waals surface area contributed by atoms with Crippen molar-refractivity contribution in [3.05, 3.63) is 36.4 Å². The van der Waals surface area contributed by atoms with Crippen LogP contribution in [0.25, 0.3) is 0 Å². The molecule has 0 atom stereocenters. The van der Waals surface area contributed by atoms with Gasteiger partial charge in [0.05, 0.1) is 0 Å². The number of rotatable bonds is 8. The minimum absolute atomic E-state index is 0.0788. The summed E-state index contributed by atoms with van der Waals surface area (Å²) in [5.41, 5.74) is 1.36. The molecule has 2 aromatic carbocycles. The van der Waals surface area contributed by atoms with E-state index in [4.69, 9.17) is 18.9 Å². The Bertz CT molecular complexity index is 876. The fraction of sp³-hybridized carbons (Fsp3) is 0.364. The van der Waals surface area contributed by atoms with Crippen LogP contribution in [-0.4, -0.2) is 49.7 Å². The van der Waals surface area contributed by atoms with Gasteiger partial charge in [-0.3, -0.25) is 9.59 Å². The van der Waals surface area contributed by atoms with Gasteiger partial charge in [0.15, 0.2) is 23.0 Å². The number of anilines is 2. The molecule has 0 radical (unpaired) electrons. The first-order chi connectivity index (χ1) is 15.2. The normalized spacial score (nSPS) is 13.9. The number of hydrogen-bond acceptors (Lipinski definition) is 7. The lowest BCUT2D eigenvalue weighted by molar-refractivity contribution is -0.116. The molecule has 2 aromatic rings. The lowest BCUT2D eigenvalue weighted by Gasteiger charge is -2.19. The second-order valence-corrected chi connectivity index (χ2v) is 8.15. The average molecular weight is 445 g/mol. The summed E-state index contributed by atoms with van der Waals surface area (Å²) in [6.07, 6.45) is 0.728. The molecule has 0 aliphatic carbocycles. The molecule has 2 N–H and O–H groups in total. The lowest BCUT2D eigenvalue weighted by Crippen LogP contribution is -2.17. The van der Waals surface area contributed by atoms with Crippen molar-refractivity contribution in [3.8, 4) is 23.0 Å². The molecule has 0 bridgehead atoms. The second kappa shape index (κ2) is 10.3. The third kappa shape index (κ3) is 5.97. The molecule has 4 rings (SSSR count). The maximum atomic E-state index is 12.1. The van der Waals surface area contributed by atoms with Crippen LogP contribution < -0.4 is 29.6 Å². The van der Waals surface area contributed by atoms with Gasteiger partial charge in [0.1, 0.15) is 26.4 Å². The molecule has 2 aliphatic rings. The number of carbonyl (C=O) groups is 2. The van der Waals surface area contributed by atoms with Crippen molar-refractivity contribution in [2.75, 3.05) is 48.6 Å². The van der Waals surface area contributed by atoms with Crippen molar-refractivity contribution in [3.63, 3.8) is 0 Å². The highest BCUT2D eigenvalue weighted by molar-refractivity contribution is 7.99. The summed E-state index contributed by atoms with van der Waals surface area (Å²) in [5, 5.41) is 5.72. The lowest BCUT2D eigenvalue weighted by atomic mass is 10.2. The van der Waals surface area contributed by atoms with Gasteiger partial charge < -0.3 is 29.6 Å². The first kappa shape index (κ1) is 21.2. The topological polar surface area (TPSA) is 95.1 Å². The summed E-state index contributed by atoms with van der Waals surface area (Å²) >= 11 is 1.57. The maximum absolute atomic E-state index is 12.1. The third-order valence-corrected chi connectivity index (χ3v) is 5.58. The number of amides is 2. The van der Waals surface area contributed by atoms with E-state index in [-0.39, 0.29) is 11.8 Å². The fourth-order valence-electron chi connectivity index (χ4n) is 3.12. The van der Waals surface area contributed by atoms with Crippen LogP contribution in [0.15, 0.2) is 36.4 Å². The largest absolute Gasteiger partial charge is 0.486 e. The molecule has 31 heavy (non-hydrogen) atoms. The van der Waals surface area contributed by atoms with Crippen LogP contribution in [0.2, 0.25) is 0 Å². The summed E-state index contributed by atoms with van der Waals surface area (Å²) in [4.78, 5) is 24.3. The molecule has 0 aromatic heterocycles. The summed E-state index contributed by atoms with van der Waals surface area (Å²) in [6.45, 7) is 2.07. The van der Waals surface area contributed by atoms with Gasteiger partial charge in [-0.1, -0.05) is 0 Å². The van der Waals surface area contributed by atoms with Crippen molar-refractivity contribution in [2.24, 2.45) is 0 Å². The standard InChI is InChI=1S/C22H24N2O6S/c25-21(23-15-1-3-17-19(13-15)29-9-7-27-17)5-11-31-12-6-22(26)24-16-2-4-18-20(14-16)30-10-8-28-18/h1-4,13-14H,5-12H2,(H,23,25)(H,24,26). The van der Waals surface area contributed by atoms with E-state index in [2.05, 4.69) is 10.6 Å². The van der Waals surface area contributed by atoms with E-state index >= 15 is 0 Å². The monoisotopic (exact) mass is 444 g/mol. The summed E-state index contributed by atoms with van der Waals surface area (Å²) < 4.78 is 22.0. The Labute approximate surface area is 184 Å². The summed E-state index contributed by atoms with van der Waals surface area (Å²) in [7, 11) is 0. The van der Waals surface area contributed by atoms with E-state index in [9.17, 15) is 9.59 Å². The molecule has 0 spiro atoms. The second-order valence-electron chi connectivity index (χ2n) is 6.93. The zero-order chi connectivity index (χ0) is 21.5. The zero-order valence-electron chi connectivity index (χ0n) is 17.0. The highest BCUT2D eigenvalue weighted by atomic mass is 32.2. The predicted molar refractivity (Wildman–Crippen MR) is 119 cm³/mol. The van der Waals surface area contributed by atoms with Crippen LogP contribution in [0, 0.1) is 0 Å². The minimum atomic E-state index is -0.0788. The molecular weight excluding hydrogens is 420 g/mol. The van der Waals surface area contributed by atoms with Crippen molar-refractivity contribution in [1.29, 1.82) is 0 Å². The van der Waals surface area contributed by atoms with E-state index in [1.54, 1.807) is 48.2 Å². The summed E-state index contributed by atoms with van der Waals surface area (Å²) in [6, 6.07) is 10.7. The van der Waals surface area contributed by atoms with Gasteiger partial charge in [0, 0.05) is 47.9 Å². The van der Waals surface area contributed by atoms with Crippen LogP contribution in [0.3, 0.4) is 0 Å². The number of fused-ring (bicyclic) bond motifs is 2. The highest BCUT2D eigenvalue weighted by Crippen LogP contribution is 2.33. The first-order valence-corrected chi connectivity index (χ1v) is 11.3. The van der Waals surface area contributed by atoms with Crippen LogP contribution >= 0.6 is 11.8 Å². The Morgan fingerprint density at radius 1 is 0.677 bits per heavy atom. The Hall–Kier alpha value is -3.07. The molecule has 2 amide bonds. The van der Waals surface area contributed by atoms with Gasteiger partial charge in [-0.05, 0) is 24.3 Å². The minimum Gasteiger partial charge on any atom is -0.486 e. The van der Waals surface area contributed by atoms with E-state index < -0.39 is 0 Å². The fourth-order valence-corrected chi connectivity index (χ4v) is 3.98. The van der Waals surface area contributed by atoms with Crippen molar-refractivity contribution >= 4 is 35.0 Å². The van der Waals surface area contributed by atoms with Gasteiger partial charge in [0.25, 0.3) is 0 Å². The molecule has 0 fully saturated rings. The van der Waals surface area contributed by atoms with Crippen molar-refractivity contribution in [2.45, 2.75) is 12.8 Å². The molecule has 9 heteroatoms. The van der Waals surface area contributed by atoms with Crippen molar-refractivity contribution in [1.82, 2.24) is 0 Å². The van der Waals surface area contributed by atoms with E-state index in [0.717, 1.165) is 0 Å². The number of hydrogen-bond donors (Lipinski definition) is 2. The highest BCUT2D eigenvalue weighted by Gasteiger charge is 2.14. The van der Waals surface area contributed by atoms with E-state index in [0.29, 0.717) is 85.1 Å². The smallest absolute Gasteiger partial charge is 0.225 e. The van der Waals surface area contributed by atoms with Crippen LogP contribution in [0.5, 0.6) is 23.0 Å². The van der Waals surface area contributed by atoms with Crippen LogP contribution in [0.4, 0.5) is 11.4 Å². The molecule has 2 aliphatic heterocycles. The molecule has 2 heterocycles. The number of carbonyl (C=O) groups excluding carboxylic acids is 2. The van der Waals surface area contributed by atoms with Gasteiger partial charge >= 0.3 is 0 Å². The Morgan fingerprint density at radius 2 is 1.10 bits per heavy atom. The quantitative estimate of drug-likeness (QED) is 0.603. The average Bonchev–Trinajstić information content (AvgIpc) is 2.78. The molecule has 8 nitrogen and oxygen atoms in total. The van der Waals surface area contributed by atoms with Crippen molar-refractivity contribution < 1.29 is 28.5 Å². The number of nitrogens with one attached hydrogen (secondary N) is 2. The third-order valence-electron chi connectivity index (χ3n) is 4.60. The van der Waals surface area contributed by atoms with Gasteiger partial charge in [0.2, 0.25) is 11.8 Å². The number of ether oxygens (including phenoxy) is 4. The Balaban J connectivity index is 1.12. The van der Waals surface area contributed by atoms with Gasteiger partial charge in [-0.2, -0.15) is 11.8 Å². The SMILES string of the molecule is O=C(CCSCCC(=O)Nc1ccc2c(c1)OCCO2)Nc1ccc2c(c1)OCCO2. The number of thioether (sulfide) groups is 1. The van der Waals surface area contributed by atoms with Gasteiger partial charge in [-0.25, -0.2) is 0 Å². The summed E-state index contributed by atoms with van der Waals surface area (Å²) in [5.74, 6) is 3.77. The van der Waals surface area contributed by atoms with Crippen LogP contribution in [-0.2, 0) is 9.59 Å². The molecular formula is C22H24N2O6S. The molecule has 164 valence electrons. The molecule has 0 saturated heterocycles. The molecule has 0 saturated carbocycles. The van der Waals surface area contributed by atoms with Gasteiger partial charge in [-0.15, -0.1) is 0 Å². The van der Waals surface area contributed by atoms with E-state index in [1.165, 1.54) is 0 Å². The predicted octanol–water partition coefficient (Wildman–Crippen LogP) is 3.32. The number of benzene rings is 2. The maximum Gasteiger partial charge on any atom is 0.225 e. The zero-order valence-corrected chi connectivity index (χ0v) is 17.8. The Kier molecular flexibility index (Phi) is 7.03. The Morgan fingerprint density at radius 3 is 1.55 bits per heavy atom. The molecule has 0 unspecified atom stereocenters. The first-order valence-electron chi connectivity index (χ1n) is 10.1.